The number of halogens is 1. The number of hydrogen-bond donors (Lipinski definition) is 5. The number of hydrogen-bond acceptors (Lipinski definition) is 16. The third-order valence-corrected chi connectivity index (χ3v) is 11.0. The van der Waals surface area contributed by atoms with E-state index in [-0.39, 0.29) is 26.4 Å². The zero-order valence-corrected chi connectivity index (χ0v) is 33.9. The fourth-order valence-electron chi connectivity index (χ4n) is 7.82. The summed E-state index contributed by atoms with van der Waals surface area (Å²) in [6.07, 6.45) is 6.61. The second-order valence-electron chi connectivity index (χ2n) is 14.7. The van der Waals surface area contributed by atoms with Gasteiger partial charge in [-0.15, -0.1) is 0 Å². The highest BCUT2D eigenvalue weighted by atomic mass is 35.5. The molecule has 0 radical (unpaired) electrons. The minimum Gasteiger partial charge on any atom is -0.454 e. The molecule has 0 unspecified atom stereocenters. The van der Waals surface area contributed by atoms with Crippen LogP contribution in [0.5, 0.6) is 11.5 Å². The fraction of sp³-hybridized carbons (Fsp3) is 0.537. The van der Waals surface area contributed by atoms with Gasteiger partial charge in [-0.2, -0.15) is 9.97 Å². The lowest BCUT2D eigenvalue weighted by Gasteiger charge is -2.33. The molecular formula is C41H56ClN11O5. The van der Waals surface area contributed by atoms with E-state index in [9.17, 15) is 20.4 Å². The lowest BCUT2D eigenvalue weighted by Crippen LogP contribution is -2.46. The topological polar surface area (TPSA) is 182 Å². The predicted molar refractivity (Wildman–Crippen MR) is 229 cm³/mol. The monoisotopic (exact) mass is 817 g/mol. The molecule has 4 aliphatic rings. The van der Waals surface area contributed by atoms with Crippen LogP contribution in [0.2, 0.25) is 5.02 Å². The van der Waals surface area contributed by atoms with Gasteiger partial charge in [-0.1, -0.05) is 23.7 Å². The number of anilines is 4. The summed E-state index contributed by atoms with van der Waals surface area (Å²) in [5, 5.41) is 42.6. The van der Waals surface area contributed by atoms with Crippen LogP contribution >= 0.6 is 11.6 Å². The minimum absolute atomic E-state index is 0.0772. The third kappa shape index (κ3) is 9.81. The number of piperidine rings is 2. The van der Waals surface area contributed by atoms with Gasteiger partial charge in [-0.25, -0.2) is 15.0 Å². The first-order valence-corrected chi connectivity index (χ1v) is 21.0. The van der Waals surface area contributed by atoms with Gasteiger partial charge in [0.25, 0.3) is 0 Å². The molecule has 0 aliphatic carbocycles. The normalized spacial score (nSPS) is 16.7. The summed E-state index contributed by atoms with van der Waals surface area (Å²) in [4.78, 5) is 34.9. The molecule has 0 amide bonds. The van der Waals surface area contributed by atoms with Crippen LogP contribution in [0.1, 0.15) is 44.1 Å². The molecule has 3 saturated heterocycles. The van der Waals surface area contributed by atoms with Gasteiger partial charge in [-0.3, -0.25) is 0 Å². The van der Waals surface area contributed by atoms with Crippen LogP contribution in [0.4, 0.5) is 29.2 Å². The van der Waals surface area contributed by atoms with Crippen LogP contribution in [-0.2, 0) is 0 Å². The molecule has 3 fully saturated rings. The van der Waals surface area contributed by atoms with E-state index in [2.05, 4.69) is 20.0 Å². The number of aliphatic hydroxyl groups is 4. The summed E-state index contributed by atoms with van der Waals surface area (Å²) in [6.45, 7) is 8.14. The van der Waals surface area contributed by atoms with Crippen molar-refractivity contribution in [3.8, 4) is 11.5 Å². The summed E-state index contributed by atoms with van der Waals surface area (Å²) < 4.78 is 6.06. The van der Waals surface area contributed by atoms with Crippen molar-refractivity contribution in [1.29, 1.82) is 0 Å². The van der Waals surface area contributed by atoms with Gasteiger partial charge >= 0.3 is 0 Å². The average Bonchev–Trinajstić information content (AvgIpc) is 3.43. The molecule has 58 heavy (non-hydrogen) atoms. The zero-order valence-electron chi connectivity index (χ0n) is 33.1. The first-order chi connectivity index (χ1) is 28.5. The van der Waals surface area contributed by atoms with E-state index < -0.39 is 0 Å². The molecule has 0 atom stereocenters. The number of nitrogens with zero attached hydrogens (tertiary/aromatic N) is 10. The minimum atomic E-state index is -0.0772. The number of benzene rings is 2. The summed E-state index contributed by atoms with van der Waals surface area (Å²) in [5.41, 5.74) is 3.11. The van der Waals surface area contributed by atoms with Gasteiger partial charge in [0.05, 0.1) is 32.0 Å². The Hall–Kier alpha value is -4.58. The smallest absolute Gasteiger partial charge is 0.228 e. The number of nitrogens with one attached hydrogen (secondary N) is 1. The molecule has 6 heterocycles. The molecule has 312 valence electrons. The maximum Gasteiger partial charge on any atom is 0.228 e. The number of aromatic nitrogens is 4. The summed E-state index contributed by atoms with van der Waals surface area (Å²) in [6, 6.07) is 13.6. The first kappa shape index (κ1) is 41.6. The van der Waals surface area contributed by atoms with Crippen LogP contribution < -0.4 is 29.7 Å². The van der Waals surface area contributed by atoms with Crippen molar-refractivity contribution >= 4 is 57.7 Å². The van der Waals surface area contributed by atoms with Gasteiger partial charge < -0.3 is 55.0 Å². The SMILES string of the molecule is Clc1ccc2c(c1)C(N1CCNCC1)=Nc1ccccc1O2.OCCN(CCO)c1nc(N2CCCCC2)c2nc(N(CCO)CCO)nc(N3CCCCC3)c2n1. The molecule has 5 N–H and O–H groups in total. The van der Waals surface area contributed by atoms with E-state index in [0.717, 1.165) is 118 Å². The molecule has 0 saturated carbocycles. The Morgan fingerprint density at radius 3 is 1.64 bits per heavy atom. The van der Waals surface area contributed by atoms with Crippen molar-refractivity contribution in [1.82, 2.24) is 30.2 Å². The van der Waals surface area contributed by atoms with E-state index in [4.69, 9.17) is 41.3 Å². The van der Waals surface area contributed by atoms with Crippen LogP contribution in [-0.4, -0.2) is 156 Å². The number of fused-ring (bicyclic) bond motifs is 3. The molecule has 2 aromatic carbocycles. The van der Waals surface area contributed by atoms with Crippen LogP contribution in [0.3, 0.4) is 0 Å². The maximum atomic E-state index is 9.64. The number of piperazine rings is 1. The van der Waals surface area contributed by atoms with Gasteiger partial charge in [0, 0.05) is 83.6 Å². The lowest BCUT2D eigenvalue weighted by molar-refractivity contribution is 0.279. The molecule has 2 aromatic heterocycles. The standard InChI is InChI=1S/C24H40N8O4.C17H16ClN3O/c33-15-11-31(12-16-34)23-26-20-19(21(27-23)29-7-3-1-4-8-29)25-24(32(13-17-35)14-18-36)28-22(20)30-9-5-2-6-10-30;18-12-5-6-15-13(11-12)17(21-9-7-19-8-10-21)20-14-3-1-2-4-16(14)22-15/h33-36H,1-18H2;1-6,11,19H,7-10H2. The van der Waals surface area contributed by atoms with Crippen molar-refractivity contribution < 1.29 is 25.2 Å². The Morgan fingerprint density at radius 1 is 0.603 bits per heavy atom. The number of para-hydroxylation sites is 2. The molecule has 17 heteroatoms. The van der Waals surface area contributed by atoms with Crippen molar-refractivity contribution in [3.05, 3.63) is 53.1 Å². The quantitative estimate of drug-likeness (QED) is 0.140. The highest BCUT2D eigenvalue weighted by Crippen LogP contribution is 2.39. The molecule has 0 spiro atoms. The highest BCUT2D eigenvalue weighted by Gasteiger charge is 2.28. The number of ether oxygens (including phenoxy) is 1. The Morgan fingerprint density at radius 2 is 1.12 bits per heavy atom. The van der Waals surface area contributed by atoms with Crippen molar-refractivity contribution in [2.75, 3.05) is 125 Å². The molecule has 16 nitrogen and oxygen atoms in total. The Kier molecular flexibility index (Phi) is 14.6. The Labute approximate surface area is 344 Å². The number of amidine groups is 1. The molecule has 0 bridgehead atoms. The predicted octanol–water partition coefficient (Wildman–Crippen LogP) is 3.41. The van der Waals surface area contributed by atoms with Crippen LogP contribution in [0.25, 0.3) is 11.0 Å². The first-order valence-electron chi connectivity index (χ1n) is 20.7. The second-order valence-corrected chi connectivity index (χ2v) is 15.2. The summed E-state index contributed by atoms with van der Waals surface area (Å²) >= 11 is 6.20. The number of aliphatic imine (C=N–C) groups is 1. The summed E-state index contributed by atoms with van der Waals surface area (Å²) in [7, 11) is 0. The van der Waals surface area contributed by atoms with Crippen LogP contribution in [0.15, 0.2) is 47.5 Å². The van der Waals surface area contributed by atoms with Gasteiger partial charge in [0.15, 0.2) is 17.4 Å². The van der Waals surface area contributed by atoms with E-state index in [1.54, 1.807) is 9.80 Å². The molecule has 4 aromatic rings. The largest absolute Gasteiger partial charge is 0.454 e. The second kappa shape index (κ2) is 20.4. The number of rotatable bonds is 12. The molecule has 8 rings (SSSR count). The molecule has 4 aliphatic heterocycles. The third-order valence-electron chi connectivity index (χ3n) is 10.8. The highest BCUT2D eigenvalue weighted by molar-refractivity contribution is 6.31. The Balaban J connectivity index is 0.000000197. The van der Waals surface area contributed by atoms with E-state index in [1.165, 1.54) is 12.8 Å². The van der Waals surface area contributed by atoms with Crippen LogP contribution in [0, 0.1) is 0 Å². The van der Waals surface area contributed by atoms with Gasteiger partial charge in [0.1, 0.15) is 28.3 Å². The van der Waals surface area contributed by atoms with Gasteiger partial charge in [0.2, 0.25) is 11.9 Å². The summed E-state index contributed by atoms with van der Waals surface area (Å²) in [5.74, 6) is 4.86. The van der Waals surface area contributed by atoms with Gasteiger partial charge in [-0.05, 0) is 68.9 Å². The lowest BCUT2D eigenvalue weighted by atomic mass is 10.1. The van der Waals surface area contributed by atoms with E-state index >= 15 is 0 Å². The fourth-order valence-corrected chi connectivity index (χ4v) is 7.99. The molecular weight excluding hydrogens is 762 g/mol. The van der Waals surface area contributed by atoms with E-state index in [1.807, 2.05) is 42.5 Å². The zero-order chi connectivity index (χ0) is 40.3. The van der Waals surface area contributed by atoms with Crippen molar-refractivity contribution in [2.45, 2.75) is 38.5 Å². The number of aliphatic hydroxyl groups excluding tert-OH is 4. The van der Waals surface area contributed by atoms with Crippen molar-refractivity contribution in [3.63, 3.8) is 0 Å². The van der Waals surface area contributed by atoms with Crippen molar-refractivity contribution in [2.24, 2.45) is 4.99 Å². The maximum absolute atomic E-state index is 9.64. The average molecular weight is 818 g/mol. The van der Waals surface area contributed by atoms with E-state index in [0.29, 0.717) is 54.1 Å². The Bertz CT molecular complexity index is 1900.